The van der Waals surface area contributed by atoms with Gasteiger partial charge in [0, 0.05) is 45.6 Å². The number of hydrogen-bond acceptors (Lipinski definition) is 2. The molecule has 124 valence electrons. The number of halogens is 5. The molecule has 2 nitrogen and oxygen atoms in total. The van der Waals surface area contributed by atoms with Crippen LogP contribution < -0.4 is 5.32 Å². The topological polar surface area (TPSA) is 15.3 Å². The number of alkyl halides is 5. The highest BCUT2D eigenvalue weighted by Crippen LogP contribution is 2.31. The summed E-state index contributed by atoms with van der Waals surface area (Å²) in [4.78, 5) is 1.90. The Morgan fingerprint density at radius 2 is 1.73 bits per heavy atom. The highest BCUT2D eigenvalue weighted by Gasteiger charge is 2.34. The highest BCUT2D eigenvalue weighted by atomic mass is 19.4. The summed E-state index contributed by atoms with van der Waals surface area (Å²) < 4.78 is 64.4. The summed E-state index contributed by atoms with van der Waals surface area (Å²) in [6.07, 6.45) is -4.66. The molecule has 0 amide bonds. The molecule has 0 bridgehead atoms. The number of piperidine rings is 1. The van der Waals surface area contributed by atoms with Gasteiger partial charge in [-0.05, 0) is 11.6 Å². The Hall–Kier alpha value is -1.21. The van der Waals surface area contributed by atoms with Crippen LogP contribution in [-0.2, 0) is 12.7 Å². The first-order valence-corrected chi connectivity index (χ1v) is 7.24. The number of rotatable bonds is 5. The van der Waals surface area contributed by atoms with E-state index < -0.39 is 17.7 Å². The minimum Gasteiger partial charge on any atom is -0.311 e. The molecule has 0 aliphatic carbocycles. The second-order valence-corrected chi connectivity index (χ2v) is 5.53. The van der Waals surface area contributed by atoms with Crippen molar-refractivity contribution in [2.24, 2.45) is 0 Å². The summed E-state index contributed by atoms with van der Waals surface area (Å²) in [6.45, 7) is 1.79. The number of nitrogens with one attached hydrogen (secondary N) is 1. The smallest absolute Gasteiger partial charge is 0.311 e. The number of hydrogen-bond donors (Lipinski definition) is 1. The van der Waals surface area contributed by atoms with Gasteiger partial charge in [0.1, 0.15) is 0 Å². The molecule has 1 heterocycles. The Morgan fingerprint density at radius 1 is 1.09 bits per heavy atom. The fourth-order valence-electron chi connectivity index (χ4n) is 2.52. The minimum absolute atomic E-state index is 0.111. The van der Waals surface area contributed by atoms with Crippen molar-refractivity contribution in [3.05, 3.63) is 35.4 Å². The zero-order valence-corrected chi connectivity index (χ0v) is 12.1. The predicted molar refractivity (Wildman–Crippen MR) is 73.8 cm³/mol. The number of nitrogens with zero attached hydrogens (tertiary/aromatic N) is 1. The second-order valence-electron chi connectivity index (χ2n) is 5.53. The highest BCUT2D eigenvalue weighted by molar-refractivity contribution is 5.29. The molecule has 0 aromatic heterocycles. The molecular formula is C15H19F5N2. The fraction of sp³-hybridized carbons (Fsp3) is 0.600. The van der Waals surface area contributed by atoms with Crippen molar-refractivity contribution >= 4 is 0 Å². The maximum absolute atomic E-state index is 13.0. The summed E-state index contributed by atoms with van der Waals surface area (Å²) in [7, 11) is 0. The number of likely N-dealkylation sites (tertiary alicyclic amines) is 1. The van der Waals surface area contributed by atoms with Crippen LogP contribution in [-0.4, -0.2) is 37.0 Å². The van der Waals surface area contributed by atoms with Crippen molar-refractivity contribution < 1.29 is 22.0 Å². The Kier molecular flexibility index (Phi) is 5.39. The first-order chi connectivity index (χ1) is 10.3. The fourth-order valence-corrected chi connectivity index (χ4v) is 2.52. The van der Waals surface area contributed by atoms with Gasteiger partial charge < -0.3 is 10.2 Å². The zero-order valence-electron chi connectivity index (χ0n) is 12.1. The van der Waals surface area contributed by atoms with E-state index in [4.69, 9.17) is 0 Å². The average molecular weight is 322 g/mol. The van der Waals surface area contributed by atoms with Crippen molar-refractivity contribution in [2.75, 3.05) is 26.2 Å². The monoisotopic (exact) mass is 322 g/mol. The van der Waals surface area contributed by atoms with Crippen molar-refractivity contribution in [2.45, 2.75) is 31.5 Å². The van der Waals surface area contributed by atoms with Gasteiger partial charge in [0.25, 0.3) is 5.92 Å². The molecule has 0 atom stereocenters. The van der Waals surface area contributed by atoms with E-state index in [1.165, 1.54) is 12.1 Å². The maximum Gasteiger partial charge on any atom is 0.416 e. The molecule has 0 saturated carbocycles. The molecule has 1 aromatic carbocycles. The lowest BCUT2D eigenvalue weighted by Gasteiger charge is -2.31. The van der Waals surface area contributed by atoms with Crippen LogP contribution in [0.15, 0.2) is 24.3 Å². The second kappa shape index (κ2) is 6.91. The summed E-state index contributed by atoms with van der Waals surface area (Å²) in [6, 6.07) is 5.43. The average Bonchev–Trinajstić information content (AvgIpc) is 2.44. The lowest BCUT2D eigenvalue weighted by atomic mass is 10.1. The van der Waals surface area contributed by atoms with Crippen molar-refractivity contribution in [1.29, 1.82) is 0 Å². The summed E-state index contributed by atoms with van der Waals surface area (Å²) in [5.41, 5.74) is -0.444. The normalized spacial score (nSPS) is 19.3. The van der Waals surface area contributed by atoms with Gasteiger partial charge in [-0.25, -0.2) is 8.78 Å². The van der Waals surface area contributed by atoms with Crippen LogP contribution in [0.3, 0.4) is 0 Å². The molecule has 1 fully saturated rings. The van der Waals surface area contributed by atoms with Crippen LogP contribution in [0, 0.1) is 0 Å². The van der Waals surface area contributed by atoms with E-state index in [2.05, 4.69) is 5.32 Å². The number of benzene rings is 1. The van der Waals surface area contributed by atoms with Crippen LogP contribution >= 0.6 is 0 Å². The molecule has 1 aliphatic rings. The quantitative estimate of drug-likeness (QED) is 0.659. The van der Waals surface area contributed by atoms with Gasteiger partial charge in [0.05, 0.1) is 5.56 Å². The molecule has 1 N–H and O–H groups in total. The molecule has 0 spiro atoms. The molecule has 22 heavy (non-hydrogen) atoms. The summed E-state index contributed by atoms with van der Waals surface area (Å²) in [5.74, 6) is -2.57. The van der Waals surface area contributed by atoms with Crippen molar-refractivity contribution in [3.8, 4) is 0 Å². The first-order valence-electron chi connectivity index (χ1n) is 7.24. The van der Waals surface area contributed by atoms with Crippen LogP contribution in [0.2, 0.25) is 0 Å². The van der Waals surface area contributed by atoms with E-state index in [1.54, 1.807) is 6.07 Å². The van der Waals surface area contributed by atoms with Crippen molar-refractivity contribution in [1.82, 2.24) is 10.2 Å². The minimum atomic E-state index is -4.36. The lowest BCUT2D eigenvalue weighted by molar-refractivity contribution is -0.138. The zero-order chi connectivity index (χ0) is 16.2. The molecule has 0 unspecified atom stereocenters. The molecular weight excluding hydrogens is 303 g/mol. The molecule has 7 heteroatoms. The summed E-state index contributed by atoms with van der Waals surface area (Å²) >= 11 is 0. The molecule has 1 saturated heterocycles. The molecule has 2 rings (SSSR count). The SMILES string of the molecule is FC1(F)CCN(CCNCc2ccccc2C(F)(F)F)CC1. The van der Waals surface area contributed by atoms with Gasteiger partial charge in [-0.15, -0.1) is 0 Å². The van der Waals surface area contributed by atoms with E-state index in [-0.39, 0.29) is 24.9 Å². The Morgan fingerprint density at radius 3 is 2.36 bits per heavy atom. The Balaban J connectivity index is 1.76. The summed E-state index contributed by atoms with van der Waals surface area (Å²) in [5, 5.41) is 2.95. The van der Waals surface area contributed by atoms with Gasteiger partial charge in [-0.1, -0.05) is 18.2 Å². The van der Waals surface area contributed by atoms with Crippen LogP contribution in [0.5, 0.6) is 0 Å². The predicted octanol–water partition coefficient (Wildman–Crippen LogP) is 3.53. The van der Waals surface area contributed by atoms with E-state index in [9.17, 15) is 22.0 Å². The molecule has 0 radical (unpaired) electrons. The van der Waals surface area contributed by atoms with Gasteiger partial charge in [-0.2, -0.15) is 13.2 Å². The van der Waals surface area contributed by atoms with Gasteiger partial charge in [0.2, 0.25) is 0 Å². The Bertz CT molecular complexity index is 477. The van der Waals surface area contributed by atoms with E-state index in [1.807, 2.05) is 4.90 Å². The Labute approximate surface area is 126 Å². The standard InChI is InChI=1S/C15H19F5N2/c16-14(17)5-8-22(9-6-14)10-7-21-11-12-3-1-2-4-13(12)15(18,19)20/h1-4,21H,5-11H2. The van der Waals surface area contributed by atoms with Gasteiger partial charge in [0.15, 0.2) is 0 Å². The van der Waals surface area contributed by atoms with E-state index in [0.29, 0.717) is 26.2 Å². The third-order valence-electron chi connectivity index (χ3n) is 3.83. The van der Waals surface area contributed by atoms with Crippen LogP contribution in [0.4, 0.5) is 22.0 Å². The van der Waals surface area contributed by atoms with Gasteiger partial charge >= 0.3 is 6.18 Å². The van der Waals surface area contributed by atoms with Crippen molar-refractivity contribution in [3.63, 3.8) is 0 Å². The molecule has 1 aromatic rings. The third-order valence-corrected chi connectivity index (χ3v) is 3.83. The van der Waals surface area contributed by atoms with Gasteiger partial charge in [-0.3, -0.25) is 0 Å². The lowest BCUT2D eigenvalue weighted by Crippen LogP contribution is -2.42. The van der Waals surface area contributed by atoms with Crippen LogP contribution in [0.25, 0.3) is 0 Å². The van der Waals surface area contributed by atoms with E-state index in [0.717, 1.165) is 6.07 Å². The maximum atomic E-state index is 13.0. The van der Waals surface area contributed by atoms with E-state index >= 15 is 0 Å². The molecule has 1 aliphatic heterocycles. The largest absolute Gasteiger partial charge is 0.416 e. The first kappa shape index (κ1) is 17.1. The van der Waals surface area contributed by atoms with Crippen LogP contribution in [0.1, 0.15) is 24.0 Å². The third kappa shape index (κ3) is 4.91.